The predicted octanol–water partition coefficient (Wildman–Crippen LogP) is 3.39. The lowest BCUT2D eigenvalue weighted by Gasteiger charge is -2.33. The van der Waals surface area contributed by atoms with Gasteiger partial charge in [0.2, 0.25) is 5.91 Å². The van der Waals surface area contributed by atoms with Crippen molar-refractivity contribution in [2.45, 2.75) is 44.4 Å². The zero-order chi connectivity index (χ0) is 17.9. The number of amides is 1. The molecule has 25 heavy (non-hydrogen) atoms. The van der Waals surface area contributed by atoms with Crippen molar-refractivity contribution in [2.24, 2.45) is 10.2 Å². The van der Waals surface area contributed by atoms with Crippen LogP contribution < -0.4 is 0 Å². The fourth-order valence-corrected chi connectivity index (χ4v) is 3.08. The molecule has 5 nitrogen and oxygen atoms in total. The number of terminal acetylenes is 1. The summed E-state index contributed by atoms with van der Waals surface area (Å²) >= 11 is 0. The zero-order valence-electron chi connectivity index (χ0n) is 14.4. The molecule has 0 saturated carbocycles. The molecular weight excluding hydrogens is 321 g/mol. The first-order chi connectivity index (χ1) is 12.0. The number of carbonyl (C=O) groups is 1. The maximum Gasteiger partial charge on any atom is 0.222 e. The van der Waals surface area contributed by atoms with Gasteiger partial charge in [0.25, 0.3) is 0 Å². The normalized spacial score (nSPS) is 21.0. The van der Waals surface area contributed by atoms with Crippen molar-refractivity contribution in [3.63, 3.8) is 0 Å². The van der Waals surface area contributed by atoms with Crippen molar-refractivity contribution in [2.75, 3.05) is 19.7 Å². The summed E-state index contributed by atoms with van der Waals surface area (Å²) in [5.74, 6) is 2.43. The summed E-state index contributed by atoms with van der Waals surface area (Å²) in [4.78, 5) is 14.3. The first-order valence-electron chi connectivity index (χ1n) is 8.56. The summed E-state index contributed by atoms with van der Waals surface area (Å²) in [6.45, 7) is 3.25. The number of benzene rings is 1. The number of rotatable bonds is 6. The van der Waals surface area contributed by atoms with E-state index in [0.29, 0.717) is 50.9 Å². The van der Waals surface area contributed by atoms with Crippen molar-refractivity contribution in [1.29, 1.82) is 0 Å². The van der Waals surface area contributed by atoms with Crippen LogP contribution in [0.4, 0.5) is 4.39 Å². The van der Waals surface area contributed by atoms with Crippen LogP contribution in [-0.4, -0.2) is 36.2 Å². The van der Waals surface area contributed by atoms with Crippen LogP contribution in [0.25, 0.3) is 0 Å². The Kier molecular flexibility index (Phi) is 5.14. The summed E-state index contributed by atoms with van der Waals surface area (Å²) in [6.07, 6.45) is 7.38. The minimum absolute atomic E-state index is 0.0736. The van der Waals surface area contributed by atoms with Crippen LogP contribution in [0, 0.1) is 25.1 Å². The average Bonchev–Trinajstić information content (AvgIpc) is 3.41. The Bertz CT molecular complexity index is 720. The van der Waals surface area contributed by atoms with E-state index in [-0.39, 0.29) is 17.8 Å². The molecule has 132 valence electrons. The quantitative estimate of drug-likeness (QED) is 0.744. The van der Waals surface area contributed by atoms with Crippen molar-refractivity contribution < 1.29 is 13.9 Å². The molecule has 1 saturated heterocycles. The molecule has 0 spiro atoms. The standard InChI is InChI=1S/C19H22FN3O2/c1-3-4-8-19(21-22-19)9-7-18(24)23-10-11-25-17(13-23)15-5-6-16(20)14(2)12-15/h1,5-6,12,17H,4,7-11,13H2,2H3. The lowest BCUT2D eigenvalue weighted by atomic mass is 10.0. The Morgan fingerprint density at radius 3 is 2.96 bits per heavy atom. The highest BCUT2D eigenvalue weighted by atomic mass is 19.1. The SMILES string of the molecule is C#CCCC1(CCC(=O)N2CCOC(c3ccc(F)c(C)c3)C2)N=N1. The second kappa shape index (κ2) is 7.32. The predicted molar refractivity (Wildman–Crippen MR) is 91.3 cm³/mol. The highest BCUT2D eigenvalue weighted by Gasteiger charge is 2.40. The number of carbonyl (C=O) groups excluding carboxylic acids is 1. The van der Waals surface area contributed by atoms with Crippen molar-refractivity contribution >= 4 is 5.91 Å². The van der Waals surface area contributed by atoms with Gasteiger partial charge >= 0.3 is 0 Å². The minimum Gasteiger partial charge on any atom is -0.370 e. The Morgan fingerprint density at radius 1 is 1.48 bits per heavy atom. The van der Waals surface area contributed by atoms with E-state index in [1.165, 1.54) is 6.07 Å². The molecule has 0 N–H and O–H groups in total. The first-order valence-corrected chi connectivity index (χ1v) is 8.56. The third-order valence-corrected chi connectivity index (χ3v) is 4.76. The number of hydrogen-bond donors (Lipinski definition) is 0. The minimum atomic E-state index is -0.429. The Balaban J connectivity index is 1.55. The molecule has 0 radical (unpaired) electrons. The van der Waals surface area contributed by atoms with Gasteiger partial charge in [0.05, 0.1) is 13.2 Å². The molecule has 2 aliphatic rings. The molecule has 1 atom stereocenters. The van der Waals surface area contributed by atoms with E-state index < -0.39 is 5.66 Å². The van der Waals surface area contributed by atoms with E-state index in [2.05, 4.69) is 16.1 Å². The Labute approximate surface area is 147 Å². The maximum atomic E-state index is 13.4. The highest BCUT2D eigenvalue weighted by Crippen LogP contribution is 2.38. The van der Waals surface area contributed by atoms with E-state index >= 15 is 0 Å². The van der Waals surface area contributed by atoms with Crippen LogP contribution in [0.2, 0.25) is 0 Å². The lowest BCUT2D eigenvalue weighted by molar-refractivity contribution is -0.139. The summed E-state index contributed by atoms with van der Waals surface area (Å²) < 4.78 is 19.2. The molecule has 1 aromatic carbocycles. The van der Waals surface area contributed by atoms with E-state index in [4.69, 9.17) is 11.2 Å². The summed E-state index contributed by atoms with van der Waals surface area (Å²) in [5, 5.41) is 8.13. The molecule has 0 aliphatic carbocycles. The monoisotopic (exact) mass is 343 g/mol. The van der Waals surface area contributed by atoms with Gasteiger partial charge in [-0.3, -0.25) is 4.79 Å². The Morgan fingerprint density at radius 2 is 2.28 bits per heavy atom. The van der Waals surface area contributed by atoms with Crippen LogP contribution in [-0.2, 0) is 9.53 Å². The lowest BCUT2D eigenvalue weighted by Crippen LogP contribution is -2.42. The average molecular weight is 343 g/mol. The zero-order valence-corrected chi connectivity index (χ0v) is 14.4. The summed E-state index contributed by atoms with van der Waals surface area (Å²) in [5.41, 5.74) is 1.05. The molecule has 6 heteroatoms. The highest BCUT2D eigenvalue weighted by molar-refractivity contribution is 5.76. The van der Waals surface area contributed by atoms with Gasteiger partial charge in [-0.05, 0) is 24.1 Å². The van der Waals surface area contributed by atoms with Gasteiger partial charge in [-0.2, -0.15) is 10.2 Å². The third-order valence-electron chi connectivity index (χ3n) is 4.76. The van der Waals surface area contributed by atoms with Crippen LogP contribution in [0.1, 0.15) is 42.9 Å². The number of aryl methyl sites for hydroxylation is 1. The molecule has 0 aromatic heterocycles. The van der Waals surface area contributed by atoms with Gasteiger partial charge in [0.15, 0.2) is 5.66 Å². The van der Waals surface area contributed by atoms with Gasteiger partial charge in [-0.25, -0.2) is 4.39 Å². The van der Waals surface area contributed by atoms with Crippen LogP contribution in [0.5, 0.6) is 0 Å². The summed E-state index contributed by atoms with van der Waals surface area (Å²) in [6, 6.07) is 4.95. The molecule has 3 rings (SSSR count). The van der Waals surface area contributed by atoms with Crippen LogP contribution in [0.3, 0.4) is 0 Å². The number of ether oxygens (including phenoxy) is 1. The number of halogens is 1. The summed E-state index contributed by atoms with van der Waals surface area (Å²) in [7, 11) is 0. The van der Waals surface area contributed by atoms with Crippen molar-refractivity contribution in [1.82, 2.24) is 4.90 Å². The number of nitrogens with zero attached hydrogens (tertiary/aromatic N) is 3. The fourth-order valence-electron chi connectivity index (χ4n) is 3.08. The molecule has 1 unspecified atom stereocenters. The molecular formula is C19H22FN3O2. The molecule has 2 heterocycles. The van der Waals surface area contributed by atoms with E-state index in [1.54, 1.807) is 19.1 Å². The number of morpholine rings is 1. The number of hydrogen-bond acceptors (Lipinski definition) is 4. The van der Waals surface area contributed by atoms with Gasteiger partial charge in [0.1, 0.15) is 11.9 Å². The smallest absolute Gasteiger partial charge is 0.222 e. The second-order valence-corrected chi connectivity index (χ2v) is 6.59. The van der Waals surface area contributed by atoms with Gasteiger partial charge in [-0.15, -0.1) is 12.3 Å². The topological polar surface area (TPSA) is 54.3 Å². The van der Waals surface area contributed by atoms with Crippen molar-refractivity contribution in [3.05, 3.63) is 35.1 Å². The molecule has 0 bridgehead atoms. The van der Waals surface area contributed by atoms with Gasteiger partial charge in [0, 0.05) is 32.2 Å². The third kappa shape index (κ3) is 4.23. The van der Waals surface area contributed by atoms with Gasteiger partial charge < -0.3 is 9.64 Å². The second-order valence-electron chi connectivity index (χ2n) is 6.59. The molecule has 1 amide bonds. The van der Waals surface area contributed by atoms with Gasteiger partial charge in [-0.1, -0.05) is 12.1 Å². The van der Waals surface area contributed by atoms with E-state index in [1.807, 2.05) is 4.90 Å². The molecule has 1 fully saturated rings. The first kappa shape index (κ1) is 17.6. The van der Waals surface area contributed by atoms with E-state index in [9.17, 15) is 9.18 Å². The maximum absolute atomic E-state index is 13.4. The van der Waals surface area contributed by atoms with E-state index in [0.717, 1.165) is 5.56 Å². The molecule has 2 aliphatic heterocycles. The largest absolute Gasteiger partial charge is 0.370 e. The molecule has 1 aromatic rings. The Hall–Kier alpha value is -2.26. The van der Waals surface area contributed by atoms with Crippen LogP contribution >= 0.6 is 0 Å². The van der Waals surface area contributed by atoms with Crippen LogP contribution in [0.15, 0.2) is 28.4 Å². The van der Waals surface area contributed by atoms with Crippen molar-refractivity contribution in [3.8, 4) is 12.3 Å². The fraction of sp³-hybridized carbons (Fsp3) is 0.526.